The van der Waals surface area contributed by atoms with E-state index in [-0.39, 0.29) is 11.3 Å². The van der Waals surface area contributed by atoms with Crippen LogP contribution in [0.4, 0.5) is 10.1 Å². The lowest BCUT2D eigenvalue weighted by Crippen LogP contribution is -2.13. The fourth-order valence-corrected chi connectivity index (χ4v) is 1.50. The van der Waals surface area contributed by atoms with Gasteiger partial charge in [-0.1, -0.05) is 0 Å². The van der Waals surface area contributed by atoms with Gasteiger partial charge in [0.2, 0.25) is 0 Å². The number of pyridine rings is 1. The molecule has 0 radical (unpaired) electrons. The van der Waals surface area contributed by atoms with Crippen LogP contribution in [-0.2, 0) is 0 Å². The van der Waals surface area contributed by atoms with E-state index in [2.05, 4.69) is 10.3 Å². The van der Waals surface area contributed by atoms with Crippen molar-refractivity contribution in [1.29, 1.82) is 0 Å². The molecule has 0 spiro atoms. The Kier molecular flexibility index (Phi) is 3.23. The van der Waals surface area contributed by atoms with Gasteiger partial charge in [0.1, 0.15) is 11.6 Å². The zero-order chi connectivity index (χ0) is 13.1. The van der Waals surface area contributed by atoms with E-state index in [0.29, 0.717) is 5.69 Å². The Labute approximate surface area is 103 Å². The van der Waals surface area contributed by atoms with E-state index in [0.717, 1.165) is 17.7 Å². The molecule has 1 heterocycles. The van der Waals surface area contributed by atoms with E-state index in [9.17, 15) is 14.3 Å². The van der Waals surface area contributed by atoms with Gasteiger partial charge < -0.3 is 10.4 Å². The van der Waals surface area contributed by atoms with Gasteiger partial charge in [-0.2, -0.15) is 0 Å². The van der Waals surface area contributed by atoms with E-state index in [1.165, 1.54) is 6.07 Å². The molecule has 0 saturated heterocycles. The van der Waals surface area contributed by atoms with Gasteiger partial charge in [-0.3, -0.25) is 9.78 Å². The van der Waals surface area contributed by atoms with Gasteiger partial charge in [0.05, 0.1) is 5.56 Å². The molecule has 18 heavy (non-hydrogen) atoms. The largest absolute Gasteiger partial charge is 0.507 e. The Morgan fingerprint density at radius 1 is 1.39 bits per heavy atom. The summed E-state index contributed by atoms with van der Waals surface area (Å²) in [6, 6.07) is 4.90. The quantitative estimate of drug-likeness (QED) is 0.855. The summed E-state index contributed by atoms with van der Waals surface area (Å²) in [5.74, 6) is -1.48. The number of rotatable bonds is 2. The maximum absolute atomic E-state index is 12.8. The number of aromatic hydroxyl groups is 1. The number of phenolic OH excluding ortho intramolecular Hbond substituents is 1. The first-order valence-electron chi connectivity index (χ1n) is 5.28. The predicted octanol–water partition coefficient (Wildman–Crippen LogP) is 2.49. The van der Waals surface area contributed by atoms with Crippen LogP contribution in [0.2, 0.25) is 0 Å². The summed E-state index contributed by atoms with van der Waals surface area (Å²) in [7, 11) is 0. The lowest BCUT2D eigenvalue weighted by atomic mass is 10.1. The molecule has 0 aliphatic carbocycles. The fourth-order valence-electron chi connectivity index (χ4n) is 1.50. The van der Waals surface area contributed by atoms with Gasteiger partial charge in [-0.05, 0) is 30.7 Å². The second kappa shape index (κ2) is 4.83. The number of hydrogen-bond acceptors (Lipinski definition) is 3. The van der Waals surface area contributed by atoms with Crippen LogP contribution in [0.1, 0.15) is 15.9 Å². The van der Waals surface area contributed by atoms with Crippen LogP contribution in [0.15, 0.2) is 36.7 Å². The normalized spacial score (nSPS) is 10.1. The summed E-state index contributed by atoms with van der Waals surface area (Å²) in [5, 5.41) is 12.1. The molecule has 0 aliphatic heterocycles. The van der Waals surface area contributed by atoms with Crippen molar-refractivity contribution in [3.63, 3.8) is 0 Å². The third kappa shape index (κ3) is 2.45. The summed E-state index contributed by atoms with van der Waals surface area (Å²) in [6.07, 6.45) is 3.16. The molecule has 92 valence electrons. The van der Waals surface area contributed by atoms with Crippen molar-refractivity contribution in [3.8, 4) is 5.75 Å². The first kappa shape index (κ1) is 12.0. The Morgan fingerprint density at radius 2 is 2.17 bits per heavy atom. The second-order valence-corrected chi connectivity index (χ2v) is 3.81. The number of nitrogens with one attached hydrogen (secondary N) is 1. The number of aryl methyl sites for hydroxylation is 1. The highest BCUT2D eigenvalue weighted by molar-refractivity contribution is 6.06. The van der Waals surface area contributed by atoms with E-state index < -0.39 is 11.7 Å². The van der Waals surface area contributed by atoms with Crippen molar-refractivity contribution in [2.75, 3.05) is 5.32 Å². The highest BCUT2D eigenvalue weighted by atomic mass is 19.1. The van der Waals surface area contributed by atoms with Crippen molar-refractivity contribution in [2.24, 2.45) is 0 Å². The molecule has 0 atom stereocenters. The van der Waals surface area contributed by atoms with E-state index in [1.807, 2.05) is 0 Å². The number of carbonyl (C=O) groups excluding carboxylic acids is 1. The van der Waals surface area contributed by atoms with Gasteiger partial charge in [0, 0.05) is 24.1 Å². The number of aromatic nitrogens is 1. The van der Waals surface area contributed by atoms with Crippen LogP contribution < -0.4 is 5.32 Å². The molecule has 4 nitrogen and oxygen atoms in total. The molecular formula is C13H11FN2O2. The van der Waals surface area contributed by atoms with Crippen LogP contribution >= 0.6 is 0 Å². The molecule has 0 saturated carbocycles. The molecule has 2 N–H and O–H groups in total. The van der Waals surface area contributed by atoms with Crippen LogP contribution in [0, 0.1) is 12.7 Å². The topological polar surface area (TPSA) is 62.2 Å². The minimum atomic E-state index is -0.593. The summed E-state index contributed by atoms with van der Waals surface area (Å²) in [6.45, 7) is 1.80. The Balaban J connectivity index is 2.25. The Morgan fingerprint density at radius 3 is 2.83 bits per heavy atom. The summed E-state index contributed by atoms with van der Waals surface area (Å²) < 4.78 is 12.8. The van der Waals surface area contributed by atoms with Crippen molar-refractivity contribution in [1.82, 2.24) is 4.98 Å². The van der Waals surface area contributed by atoms with Crippen LogP contribution in [0.5, 0.6) is 5.75 Å². The predicted molar refractivity (Wildman–Crippen MR) is 65.0 cm³/mol. The number of anilines is 1. The minimum absolute atomic E-state index is 0.0209. The smallest absolute Gasteiger partial charge is 0.259 e. The van der Waals surface area contributed by atoms with Crippen molar-refractivity contribution in [2.45, 2.75) is 6.92 Å². The molecular weight excluding hydrogens is 235 g/mol. The average Bonchev–Trinajstić information content (AvgIpc) is 2.32. The van der Waals surface area contributed by atoms with Gasteiger partial charge in [0.15, 0.2) is 0 Å². The molecule has 1 aromatic heterocycles. The number of carbonyl (C=O) groups is 1. The van der Waals surface area contributed by atoms with Crippen LogP contribution in [0.25, 0.3) is 0 Å². The van der Waals surface area contributed by atoms with Gasteiger partial charge in [-0.15, -0.1) is 0 Å². The molecule has 0 aliphatic rings. The second-order valence-electron chi connectivity index (χ2n) is 3.81. The minimum Gasteiger partial charge on any atom is -0.507 e. The van der Waals surface area contributed by atoms with Crippen molar-refractivity contribution >= 4 is 11.6 Å². The zero-order valence-corrected chi connectivity index (χ0v) is 9.64. The van der Waals surface area contributed by atoms with E-state index in [4.69, 9.17) is 0 Å². The lowest BCUT2D eigenvalue weighted by Gasteiger charge is -2.08. The summed E-state index contributed by atoms with van der Waals surface area (Å²) in [4.78, 5) is 15.8. The molecule has 1 aromatic carbocycles. The highest BCUT2D eigenvalue weighted by Gasteiger charge is 2.12. The first-order valence-corrected chi connectivity index (χ1v) is 5.28. The monoisotopic (exact) mass is 246 g/mol. The summed E-state index contributed by atoms with van der Waals surface area (Å²) >= 11 is 0. The molecule has 0 unspecified atom stereocenters. The Hall–Kier alpha value is -2.43. The molecule has 5 heteroatoms. The number of benzene rings is 1. The van der Waals surface area contributed by atoms with Crippen molar-refractivity contribution in [3.05, 3.63) is 53.6 Å². The van der Waals surface area contributed by atoms with Crippen LogP contribution in [-0.4, -0.2) is 16.0 Å². The molecule has 2 aromatic rings. The van der Waals surface area contributed by atoms with Crippen LogP contribution in [0.3, 0.4) is 0 Å². The zero-order valence-electron chi connectivity index (χ0n) is 9.64. The molecule has 1 amide bonds. The Bertz CT molecular complexity index is 599. The fraction of sp³-hybridized carbons (Fsp3) is 0.0769. The number of phenols is 1. The number of nitrogens with zero attached hydrogens (tertiary/aromatic N) is 1. The van der Waals surface area contributed by atoms with E-state index in [1.54, 1.807) is 25.4 Å². The third-order valence-electron chi connectivity index (χ3n) is 2.47. The third-order valence-corrected chi connectivity index (χ3v) is 2.47. The highest BCUT2D eigenvalue weighted by Crippen LogP contribution is 2.20. The maximum atomic E-state index is 12.8. The van der Waals surface area contributed by atoms with Gasteiger partial charge in [-0.25, -0.2) is 4.39 Å². The number of amides is 1. The summed E-state index contributed by atoms with van der Waals surface area (Å²) in [5.41, 5.74) is 1.42. The standard InChI is InChI=1S/C13H11FN2O2/c1-8-7-15-5-4-11(8)16-13(18)10-3-2-9(14)6-12(10)17/h2-7,17H,1H3,(H,15,16,18). The molecule has 0 fully saturated rings. The van der Waals surface area contributed by atoms with Gasteiger partial charge in [0.25, 0.3) is 5.91 Å². The van der Waals surface area contributed by atoms with E-state index >= 15 is 0 Å². The molecule has 0 bridgehead atoms. The van der Waals surface area contributed by atoms with Gasteiger partial charge >= 0.3 is 0 Å². The number of halogens is 1. The SMILES string of the molecule is Cc1cnccc1NC(=O)c1ccc(F)cc1O. The first-order chi connectivity index (χ1) is 8.58. The number of hydrogen-bond donors (Lipinski definition) is 2. The van der Waals surface area contributed by atoms with Crippen molar-refractivity contribution < 1.29 is 14.3 Å². The molecule has 2 rings (SSSR count). The maximum Gasteiger partial charge on any atom is 0.259 e. The average molecular weight is 246 g/mol. The lowest BCUT2D eigenvalue weighted by molar-refractivity contribution is 0.102.